The SMILES string of the molecule is C=C[C@@](C)(CO[Si](C)(C)C(C)(C)C)C[C@@H]1O[C@@H](OC)[C@]23C(=O)CC[C@@H]2CC[C@@H](C)[C@@]13C. The van der Waals surface area contributed by atoms with Crippen molar-refractivity contribution in [2.24, 2.45) is 28.1 Å². The quantitative estimate of drug-likeness (QED) is 0.334. The van der Waals surface area contributed by atoms with E-state index in [1.165, 1.54) is 0 Å². The number of ketones is 1. The van der Waals surface area contributed by atoms with Crippen LogP contribution in [0.4, 0.5) is 0 Å². The molecule has 2 saturated carbocycles. The van der Waals surface area contributed by atoms with E-state index in [1.54, 1.807) is 7.11 Å². The predicted molar refractivity (Wildman–Crippen MR) is 128 cm³/mol. The van der Waals surface area contributed by atoms with E-state index in [0.717, 1.165) is 25.7 Å². The lowest BCUT2D eigenvalue weighted by Gasteiger charge is -2.54. The molecular formula is C26H46O4Si. The molecule has 0 radical (unpaired) electrons. The Kier molecular flexibility index (Phi) is 6.54. The highest BCUT2D eigenvalue weighted by molar-refractivity contribution is 6.74. The van der Waals surface area contributed by atoms with Crippen molar-refractivity contribution < 1.29 is 18.7 Å². The fourth-order valence-corrected chi connectivity index (χ4v) is 7.61. The molecule has 178 valence electrons. The van der Waals surface area contributed by atoms with E-state index in [1.807, 2.05) is 6.08 Å². The minimum Gasteiger partial charge on any atom is -0.416 e. The van der Waals surface area contributed by atoms with Crippen molar-refractivity contribution in [2.75, 3.05) is 13.7 Å². The second kappa shape index (κ2) is 8.07. The molecule has 0 aromatic rings. The zero-order valence-electron chi connectivity index (χ0n) is 21.5. The monoisotopic (exact) mass is 450 g/mol. The molecule has 1 spiro atoms. The van der Waals surface area contributed by atoms with Crippen molar-refractivity contribution in [2.45, 2.75) is 104 Å². The van der Waals surface area contributed by atoms with Crippen LogP contribution in [0.2, 0.25) is 18.1 Å². The molecule has 0 aromatic carbocycles. The molecule has 0 amide bonds. The van der Waals surface area contributed by atoms with Gasteiger partial charge in [-0.15, -0.1) is 6.58 Å². The van der Waals surface area contributed by atoms with Crippen molar-refractivity contribution in [1.29, 1.82) is 0 Å². The molecule has 1 heterocycles. The third kappa shape index (κ3) is 3.62. The molecule has 1 aliphatic heterocycles. The van der Waals surface area contributed by atoms with Crippen molar-refractivity contribution in [3.05, 3.63) is 12.7 Å². The molecule has 0 N–H and O–H groups in total. The molecule has 3 aliphatic rings. The van der Waals surface area contributed by atoms with Crippen molar-refractivity contribution in [3.8, 4) is 0 Å². The van der Waals surface area contributed by atoms with E-state index in [9.17, 15) is 4.79 Å². The number of hydrogen-bond donors (Lipinski definition) is 0. The van der Waals surface area contributed by atoms with E-state index < -0.39 is 20.0 Å². The number of hydrogen-bond acceptors (Lipinski definition) is 4. The average Bonchev–Trinajstić information content (AvgIpc) is 3.16. The van der Waals surface area contributed by atoms with Crippen molar-refractivity contribution in [1.82, 2.24) is 0 Å². The van der Waals surface area contributed by atoms with Gasteiger partial charge in [0.2, 0.25) is 0 Å². The van der Waals surface area contributed by atoms with Gasteiger partial charge in [-0.05, 0) is 55.7 Å². The highest BCUT2D eigenvalue weighted by atomic mass is 28.4. The number of ether oxygens (including phenoxy) is 2. The van der Waals surface area contributed by atoms with Gasteiger partial charge in [0.25, 0.3) is 0 Å². The first-order valence-corrected chi connectivity index (χ1v) is 15.1. The number of carbonyl (C=O) groups is 1. The normalized spacial score (nSPS) is 40.4. The van der Waals surface area contributed by atoms with Crippen LogP contribution < -0.4 is 0 Å². The lowest BCUT2D eigenvalue weighted by molar-refractivity contribution is -0.183. The van der Waals surface area contributed by atoms with Gasteiger partial charge in [0, 0.05) is 31.0 Å². The minimum absolute atomic E-state index is 0.0525. The first-order valence-electron chi connectivity index (χ1n) is 12.2. The van der Waals surface area contributed by atoms with Crippen LogP contribution in [-0.4, -0.2) is 40.2 Å². The molecule has 0 bridgehead atoms. The van der Waals surface area contributed by atoms with Crippen LogP contribution in [0, 0.1) is 28.1 Å². The fraction of sp³-hybridized carbons (Fsp3) is 0.885. The lowest BCUT2D eigenvalue weighted by Crippen LogP contribution is -2.58. The Morgan fingerprint density at radius 3 is 2.42 bits per heavy atom. The maximum atomic E-state index is 13.5. The van der Waals surface area contributed by atoms with E-state index in [0.29, 0.717) is 30.6 Å². The highest BCUT2D eigenvalue weighted by Gasteiger charge is 2.75. The summed E-state index contributed by atoms with van der Waals surface area (Å²) in [6.07, 6.45) is 6.24. The molecule has 4 nitrogen and oxygen atoms in total. The second-order valence-corrected chi connectivity index (χ2v) is 17.4. The fourth-order valence-electron chi connectivity index (χ4n) is 6.49. The third-order valence-electron chi connectivity index (χ3n) is 9.94. The van der Waals surface area contributed by atoms with E-state index in [-0.39, 0.29) is 22.0 Å². The molecule has 0 aromatic heterocycles. The minimum atomic E-state index is -1.87. The summed E-state index contributed by atoms with van der Waals surface area (Å²) in [5.41, 5.74) is -0.959. The second-order valence-electron chi connectivity index (χ2n) is 12.6. The molecule has 31 heavy (non-hydrogen) atoms. The summed E-state index contributed by atoms with van der Waals surface area (Å²) in [5.74, 6) is 1.14. The average molecular weight is 451 g/mol. The van der Waals surface area contributed by atoms with Gasteiger partial charge in [0.1, 0.15) is 5.78 Å². The smallest absolute Gasteiger partial charge is 0.192 e. The molecule has 7 atom stereocenters. The van der Waals surface area contributed by atoms with Gasteiger partial charge >= 0.3 is 0 Å². The number of carbonyl (C=O) groups excluding carboxylic acids is 1. The summed E-state index contributed by atoms with van der Waals surface area (Å²) in [6, 6.07) is 0. The van der Waals surface area contributed by atoms with E-state index in [2.05, 4.69) is 61.2 Å². The Balaban J connectivity index is 1.91. The van der Waals surface area contributed by atoms with Crippen LogP contribution >= 0.6 is 0 Å². The van der Waals surface area contributed by atoms with Gasteiger partial charge in [-0.3, -0.25) is 4.79 Å². The molecule has 2 aliphatic carbocycles. The zero-order chi connectivity index (χ0) is 23.5. The van der Waals surface area contributed by atoms with Gasteiger partial charge in [-0.1, -0.05) is 47.6 Å². The van der Waals surface area contributed by atoms with Gasteiger partial charge in [-0.25, -0.2) is 0 Å². The molecule has 1 saturated heterocycles. The number of Topliss-reactive ketones (excluding diaryl/α,β-unsaturated/α-hetero) is 1. The predicted octanol–water partition coefficient (Wildman–Crippen LogP) is 6.36. The molecule has 5 heteroatoms. The molecule has 3 fully saturated rings. The Bertz CT molecular complexity index is 713. The third-order valence-corrected chi connectivity index (χ3v) is 14.4. The van der Waals surface area contributed by atoms with Crippen LogP contribution in [0.5, 0.6) is 0 Å². The standard InChI is InChI=1S/C26H46O4Si/c1-11-24(6,17-29-31(9,10)23(3,4)5)16-21-25(7)18(2)12-13-19-14-15-20(27)26(19,25)22(28-8)30-21/h11,18-19,21-22H,1,12-17H2,2-10H3/t18-,19+,21+,22-,24-,25+,26-/m1/s1. The Hall–Kier alpha value is -0.493. The molecular weight excluding hydrogens is 404 g/mol. The first-order chi connectivity index (χ1) is 14.2. The van der Waals surface area contributed by atoms with E-state index in [4.69, 9.17) is 13.9 Å². The topological polar surface area (TPSA) is 44.8 Å². The van der Waals surface area contributed by atoms with Crippen LogP contribution in [0.25, 0.3) is 0 Å². The van der Waals surface area contributed by atoms with Gasteiger partial charge < -0.3 is 13.9 Å². The highest BCUT2D eigenvalue weighted by Crippen LogP contribution is 2.70. The van der Waals surface area contributed by atoms with Crippen molar-refractivity contribution >= 4 is 14.1 Å². The van der Waals surface area contributed by atoms with Crippen LogP contribution in [0.1, 0.15) is 73.6 Å². The number of rotatable bonds is 7. The summed E-state index contributed by atoms with van der Waals surface area (Å²) in [5, 5.41) is 0.164. The Labute approximate surface area is 191 Å². The summed E-state index contributed by atoms with van der Waals surface area (Å²) >= 11 is 0. The number of methoxy groups -OCH3 is 1. The summed E-state index contributed by atoms with van der Waals surface area (Å²) < 4.78 is 19.2. The maximum Gasteiger partial charge on any atom is 0.192 e. The van der Waals surface area contributed by atoms with Crippen LogP contribution in [0.3, 0.4) is 0 Å². The summed E-state index contributed by atoms with van der Waals surface area (Å²) in [4.78, 5) is 13.5. The Morgan fingerprint density at radius 2 is 1.87 bits per heavy atom. The summed E-state index contributed by atoms with van der Waals surface area (Å²) in [6.45, 7) is 23.1. The van der Waals surface area contributed by atoms with Gasteiger partial charge in [-0.2, -0.15) is 0 Å². The first kappa shape index (κ1) is 25.1. The summed E-state index contributed by atoms with van der Waals surface area (Å²) in [7, 11) is -0.169. The zero-order valence-corrected chi connectivity index (χ0v) is 22.5. The van der Waals surface area contributed by atoms with Gasteiger partial charge in [0.05, 0.1) is 11.5 Å². The largest absolute Gasteiger partial charge is 0.416 e. The van der Waals surface area contributed by atoms with Crippen molar-refractivity contribution in [3.63, 3.8) is 0 Å². The maximum absolute atomic E-state index is 13.5. The molecule has 3 rings (SSSR count). The van der Waals surface area contributed by atoms with Gasteiger partial charge in [0.15, 0.2) is 14.6 Å². The van der Waals surface area contributed by atoms with Crippen LogP contribution in [-0.2, 0) is 18.7 Å². The van der Waals surface area contributed by atoms with E-state index >= 15 is 0 Å². The molecule has 0 unspecified atom stereocenters. The Morgan fingerprint density at radius 1 is 1.23 bits per heavy atom. The lowest BCUT2D eigenvalue weighted by atomic mass is 9.47. The van der Waals surface area contributed by atoms with Crippen LogP contribution in [0.15, 0.2) is 12.7 Å².